The van der Waals surface area contributed by atoms with E-state index in [0.29, 0.717) is 25.3 Å². The first-order valence-corrected chi connectivity index (χ1v) is 7.16. The number of aliphatic carboxylic acids is 1. The Morgan fingerprint density at radius 3 is 3.05 bits per heavy atom. The molecule has 3 rings (SSSR count). The molecule has 6 nitrogen and oxygen atoms in total. The number of amides is 1. The lowest BCUT2D eigenvalue weighted by Gasteiger charge is -2.23. The van der Waals surface area contributed by atoms with Crippen molar-refractivity contribution < 1.29 is 19.4 Å². The average Bonchev–Trinajstić information content (AvgIpc) is 3.03. The first-order valence-electron chi connectivity index (χ1n) is 7.16. The summed E-state index contributed by atoms with van der Waals surface area (Å²) in [4.78, 5) is 29.3. The molecule has 1 saturated carbocycles. The van der Waals surface area contributed by atoms with E-state index < -0.39 is 11.4 Å². The van der Waals surface area contributed by atoms with Crippen molar-refractivity contribution in [3.05, 3.63) is 24.5 Å². The molecule has 1 saturated heterocycles. The van der Waals surface area contributed by atoms with Gasteiger partial charge in [-0.05, 0) is 30.9 Å². The van der Waals surface area contributed by atoms with Crippen molar-refractivity contribution in [2.75, 3.05) is 19.7 Å². The van der Waals surface area contributed by atoms with Crippen LogP contribution < -0.4 is 4.74 Å². The average molecular weight is 290 g/mol. The zero-order chi connectivity index (χ0) is 14.9. The van der Waals surface area contributed by atoms with Crippen molar-refractivity contribution in [2.45, 2.75) is 19.3 Å². The number of nitrogens with zero attached hydrogens (tertiary/aromatic N) is 2. The molecule has 2 aliphatic rings. The third kappa shape index (κ3) is 2.46. The van der Waals surface area contributed by atoms with Crippen LogP contribution in [0.1, 0.15) is 19.3 Å². The van der Waals surface area contributed by atoms with Crippen molar-refractivity contribution in [1.29, 1.82) is 0 Å². The molecule has 6 heteroatoms. The summed E-state index contributed by atoms with van der Waals surface area (Å²) in [5, 5.41) is 9.50. The molecule has 0 radical (unpaired) electrons. The number of hydrogen-bond acceptors (Lipinski definition) is 4. The van der Waals surface area contributed by atoms with E-state index in [-0.39, 0.29) is 18.4 Å². The highest BCUT2D eigenvalue weighted by molar-refractivity contribution is 5.82. The molecule has 0 bridgehead atoms. The summed E-state index contributed by atoms with van der Waals surface area (Å²) in [5.74, 6) is -0.308. The molecule has 1 aromatic heterocycles. The van der Waals surface area contributed by atoms with Crippen LogP contribution in [-0.4, -0.2) is 46.6 Å². The predicted octanol–water partition coefficient (Wildman–Crippen LogP) is 1.17. The van der Waals surface area contributed by atoms with Crippen LogP contribution in [0.5, 0.6) is 5.75 Å². The Morgan fingerprint density at radius 1 is 1.52 bits per heavy atom. The summed E-state index contributed by atoms with van der Waals surface area (Å²) in [7, 11) is 0. The highest BCUT2D eigenvalue weighted by Gasteiger charge is 2.55. The van der Waals surface area contributed by atoms with Crippen molar-refractivity contribution in [3.8, 4) is 5.75 Å². The molecule has 0 spiro atoms. The van der Waals surface area contributed by atoms with Crippen LogP contribution >= 0.6 is 0 Å². The fraction of sp³-hybridized carbons (Fsp3) is 0.533. The SMILES string of the molecule is O=C(COc1cccnc1)N1C[C@@H]2CCC[C@@]2(C(=O)O)C1. The maximum atomic E-state index is 12.2. The minimum Gasteiger partial charge on any atom is -0.482 e. The van der Waals surface area contributed by atoms with Crippen LogP contribution in [-0.2, 0) is 9.59 Å². The monoisotopic (exact) mass is 290 g/mol. The van der Waals surface area contributed by atoms with E-state index in [0.717, 1.165) is 12.8 Å². The molecular formula is C15H18N2O4. The zero-order valence-electron chi connectivity index (χ0n) is 11.7. The van der Waals surface area contributed by atoms with E-state index >= 15 is 0 Å². The molecule has 2 atom stereocenters. The molecule has 0 unspecified atom stereocenters. The summed E-state index contributed by atoms with van der Waals surface area (Å²) in [6.07, 6.45) is 5.67. The Hall–Kier alpha value is -2.11. The smallest absolute Gasteiger partial charge is 0.311 e. The standard InChI is InChI=1S/C15H18N2O4/c18-13(9-21-12-4-2-6-16-7-12)17-8-11-3-1-5-15(11,10-17)14(19)20/h2,4,6-7,11H,1,3,5,8-10H2,(H,19,20)/t11-,15+/m0/s1. The summed E-state index contributed by atoms with van der Waals surface area (Å²) in [6, 6.07) is 3.47. The predicted molar refractivity (Wildman–Crippen MR) is 73.7 cm³/mol. The van der Waals surface area contributed by atoms with E-state index in [9.17, 15) is 14.7 Å². The second-order valence-corrected chi connectivity index (χ2v) is 5.80. The lowest BCUT2D eigenvalue weighted by atomic mass is 9.81. The molecule has 1 aliphatic heterocycles. The highest BCUT2D eigenvalue weighted by atomic mass is 16.5. The Labute approximate surface area is 122 Å². The van der Waals surface area contributed by atoms with Gasteiger partial charge in [0.15, 0.2) is 6.61 Å². The van der Waals surface area contributed by atoms with Crippen molar-refractivity contribution >= 4 is 11.9 Å². The van der Waals surface area contributed by atoms with Gasteiger partial charge >= 0.3 is 5.97 Å². The largest absolute Gasteiger partial charge is 0.482 e. The van der Waals surface area contributed by atoms with Crippen LogP contribution in [0.2, 0.25) is 0 Å². The Balaban J connectivity index is 1.61. The number of ether oxygens (including phenoxy) is 1. The molecule has 1 aliphatic carbocycles. The van der Waals surface area contributed by atoms with E-state index in [4.69, 9.17) is 4.74 Å². The van der Waals surface area contributed by atoms with E-state index in [2.05, 4.69) is 4.98 Å². The Bertz CT molecular complexity index is 548. The maximum Gasteiger partial charge on any atom is 0.311 e. The fourth-order valence-electron chi connectivity index (χ4n) is 3.50. The quantitative estimate of drug-likeness (QED) is 0.900. The molecule has 2 fully saturated rings. The van der Waals surface area contributed by atoms with E-state index in [1.807, 2.05) is 0 Å². The van der Waals surface area contributed by atoms with Gasteiger partial charge < -0.3 is 14.7 Å². The van der Waals surface area contributed by atoms with Gasteiger partial charge in [-0.1, -0.05) is 6.42 Å². The number of fused-ring (bicyclic) bond motifs is 1. The number of rotatable bonds is 4. The summed E-state index contributed by atoms with van der Waals surface area (Å²) in [6.45, 7) is 0.762. The lowest BCUT2D eigenvalue weighted by molar-refractivity contribution is -0.149. The fourth-order valence-corrected chi connectivity index (χ4v) is 3.50. The molecular weight excluding hydrogens is 272 g/mol. The van der Waals surface area contributed by atoms with Crippen LogP contribution in [0.25, 0.3) is 0 Å². The molecule has 1 N–H and O–H groups in total. The van der Waals surface area contributed by atoms with Gasteiger partial charge in [-0.15, -0.1) is 0 Å². The minimum absolute atomic E-state index is 0.0753. The minimum atomic E-state index is -0.770. The summed E-state index contributed by atoms with van der Waals surface area (Å²) in [5.41, 5.74) is -0.732. The van der Waals surface area contributed by atoms with Crippen molar-refractivity contribution in [1.82, 2.24) is 9.88 Å². The number of carbonyl (C=O) groups excluding carboxylic acids is 1. The third-order valence-corrected chi connectivity index (χ3v) is 4.65. The second-order valence-electron chi connectivity index (χ2n) is 5.80. The van der Waals surface area contributed by atoms with E-state index in [1.54, 1.807) is 29.4 Å². The zero-order valence-corrected chi connectivity index (χ0v) is 11.7. The Kier molecular flexibility index (Phi) is 3.53. The number of carbonyl (C=O) groups is 2. The number of pyridine rings is 1. The highest BCUT2D eigenvalue weighted by Crippen LogP contribution is 2.48. The molecule has 2 heterocycles. The summed E-state index contributed by atoms with van der Waals surface area (Å²) >= 11 is 0. The van der Waals surface area contributed by atoms with Crippen molar-refractivity contribution in [3.63, 3.8) is 0 Å². The van der Waals surface area contributed by atoms with Gasteiger partial charge in [-0.2, -0.15) is 0 Å². The normalized spacial score (nSPS) is 27.4. The Morgan fingerprint density at radius 2 is 2.38 bits per heavy atom. The van der Waals surface area contributed by atoms with Crippen LogP contribution in [0.3, 0.4) is 0 Å². The number of hydrogen-bond donors (Lipinski definition) is 1. The van der Waals surface area contributed by atoms with Gasteiger partial charge in [-0.3, -0.25) is 14.6 Å². The number of likely N-dealkylation sites (tertiary alicyclic amines) is 1. The van der Waals surface area contributed by atoms with Crippen LogP contribution in [0.15, 0.2) is 24.5 Å². The van der Waals surface area contributed by atoms with Crippen molar-refractivity contribution in [2.24, 2.45) is 11.3 Å². The van der Waals surface area contributed by atoms with Gasteiger partial charge in [0, 0.05) is 19.3 Å². The number of aromatic nitrogens is 1. The van der Waals surface area contributed by atoms with Gasteiger partial charge in [0.2, 0.25) is 0 Å². The van der Waals surface area contributed by atoms with Gasteiger partial charge in [0.25, 0.3) is 5.91 Å². The second kappa shape index (κ2) is 5.35. The van der Waals surface area contributed by atoms with Gasteiger partial charge in [-0.25, -0.2) is 0 Å². The van der Waals surface area contributed by atoms with Crippen LogP contribution in [0.4, 0.5) is 0 Å². The first kappa shape index (κ1) is 13.9. The lowest BCUT2D eigenvalue weighted by Crippen LogP contribution is -2.38. The molecule has 1 aromatic rings. The number of carboxylic acids is 1. The molecule has 1 amide bonds. The topological polar surface area (TPSA) is 79.7 Å². The van der Waals surface area contributed by atoms with Gasteiger partial charge in [0.1, 0.15) is 5.75 Å². The van der Waals surface area contributed by atoms with E-state index in [1.165, 1.54) is 0 Å². The van der Waals surface area contributed by atoms with Crippen LogP contribution in [0, 0.1) is 11.3 Å². The first-order chi connectivity index (χ1) is 10.1. The maximum absolute atomic E-state index is 12.2. The summed E-state index contributed by atoms with van der Waals surface area (Å²) < 4.78 is 5.39. The number of carboxylic acid groups (broad SMARTS) is 1. The molecule has 112 valence electrons. The third-order valence-electron chi connectivity index (χ3n) is 4.65. The molecule has 0 aromatic carbocycles. The molecule has 21 heavy (non-hydrogen) atoms. The van der Waals surface area contributed by atoms with Gasteiger partial charge in [0.05, 0.1) is 11.6 Å².